The van der Waals surface area contributed by atoms with Crippen LogP contribution in [0.15, 0.2) is 97.1 Å². The van der Waals surface area contributed by atoms with Gasteiger partial charge in [-0.1, -0.05) is 81.6 Å². The van der Waals surface area contributed by atoms with Gasteiger partial charge in [-0.25, -0.2) is 0 Å². The number of unbranched alkanes of at least 4 members (excludes halogenated alkanes) is 1. The number of ether oxygens (including phenoxy) is 2. The minimum Gasteiger partial charge on any atom is -0.496 e. The number of methoxy groups -OCH3 is 1. The van der Waals surface area contributed by atoms with E-state index < -0.39 is 0 Å². The Morgan fingerprint density at radius 1 is 0.574 bits per heavy atom. The molecule has 7 aromatic rings. The van der Waals surface area contributed by atoms with E-state index in [-0.39, 0.29) is 0 Å². The van der Waals surface area contributed by atoms with Crippen LogP contribution in [0, 0.1) is 5.92 Å². The lowest BCUT2D eigenvalue weighted by molar-refractivity contribution is 0.234. The summed E-state index contributed by atoms with van der Waals surface area (Å²) in [6.45, 7) is 11.5. The molecule has 0 aliphatic rings. The first kappa shape index (κ1) is 30.9. The molecule has 0 radical (unpaired) electrons. The number of hydrogen-bond acceptors (Lipinski definition) is 2. The van der Waals surface area contributed by atoms with E-state index in [1.54, 1.807) is 7.11 Å². The van der Waals surface area contributed by atoms with Crippen LogP contribution in [0.2, 0.25) is 0 Å². The molecule has 1 atom stereocenters. The minimum absolute atomic E-state index is 0.523. The number of rotatable bonds is 12. The van der Waals surface area contributed by atoms with E-state index in [0.717, 1.165) is 53.3 Å². The minimum atomic E-state index is 0.523. The van der Waals surface area contributed by atoms with E-state index in [1.165, 1.54) is 62.9 Å². The van der Waals surface area contributed by atoms with Gasteiger partial charge in [-0.15, -0.1) is 0 Å². The Balaban J connectivity index is 1.40. The Morgan fingerprint density at radius 3 is 1.60 bits per heavy atom. The van der Waals surface area contributed by atoms with Crippen LogP contribution in [-0.4, -0.2) is 22.9 Å². The summed E-state index contributed by atoms with van der Waals surface area (Å²) < 4.78 is 17.8. The molecule has 0 aliphatic carbocycles. The summed E-state index contributed by atoms with van der Waals surface area (Å²) in [5, 5.41) is 5.08. The van der Waals surface area contributed by atoms with Gasteiger partial charge in [0.1, 0.15) is 11.5 Å². The Hall–Kier alpha value is -4.70. The second kappa shape index (κ2) is 13.2. The van der Waals surface area contributed by atoms with Gasteiger partial charge < -0.3 is 18.6 Å². The highest BCUT2D eigenvalue weighted by atomic mass is 16.5. The molecule has 0 saturated heterocycles. The summed E-state index contributed by atoms with van der Waals surface area (Å²) in [5.41, 5.74) is 9.43. The third-order valence-corrected chi connectivity index (χ3v) is 10.1. The van der Waals surface area contributed by atoms with Gasteiger partial charge in [0.05, 0.1) is 13.7 Å². The van der Waals surface area contributed by atoms with Crippen molar-refractivity contribution in [3.05, 3.63) is 97.1 Å². The van der Waals surface area contributed by atoms with Crippen molar-refractivity contribution in [2.45, 2.75) is 66.5 Å². The first-order chi connectivity index (χ1) is 23.1. The van der Waals surface area contributed by atoms with Crippen molar-refractivity contribution in [2.75, 3.05) is 13.7 Å². The van der Waals surface area contributed by atoms with Crippen LogP contribution in [0.1, 0.15) is 53.4 Å². The molecule has 4 heteroatoms. The van der Waals surface area contributed by atoms with Crippen LogP contribution in [-0.2, 0) is 13.1 Å². The molecule has 2 aromatic heterocycles. The third-order valence-electron chi connectivity index (χ3n) is 10.1. The first-order valence-corrected chi connectivity index (χ1v) is 17.5. The highest BCUT2D eigenvalue weighted by Crippen LogP contribution is 2.44. The molecule has 0 spiro atoms. The van der Waals surface area contributed by atoms with Gasteiger partial charge in [0.25, 0.3) is 0 Å². The fourth-order valence-corrected chi connectivity index (χ4v) is 7.53. The predicted molar refractivity (Wildman–Crippen MR) is 200 cm³/mol. The van der Waals surface area contributed by atoms with E-state index in [0.29, 0.717) is 12.5 Å². The molecule has 5 aromatic carbocycles. The van der Waals surface area contributed by atoms with Crippen molar-refractivity contribution in [1.29, 1.82) is 0 Å². The number of aromatic nitrogens is 2. The van der Waals surface area contributed by atoms with Crippen LogP contribution >= 0.6 is 0 Å². The zero-order valence-corrected chi connectivity index (χ0v) is 28.5. The average Bonchev–Trinajstić information content (AvgIpc) is 3.62. The third kappa shape index (κ3) is 5.44. The topological polar surface area (TPSA) is 28.3 Å². The van der Waals surface area contributed by atoms with E-state index in [2.05, 4.69) is 134 Å². The van der Waals surface area contributed by atoms with Crippen LogP contribution in [0.5, 0.6) is 11.5 Å². The molecule has 240 valence electrons. The van der Waals surface area contributed by atoms with Crippen LogP contribution < -0.4 is 9.47 Å². The van der Waals surface area contributed by atoms with Gasteiger partial charge in [-0.2, -0.15) is 0 Å². The van der Waals surface area contributed by atoms with Crippen molar-refractivity contribution in [3.8, 4) is 33.8 Å². The Bertz CT molecular complexity index is 2200. The van der Waals surface area contributed by atoms with Crippen molar-refractivity contribution in [1.82, 2.24) is 9.13 Å². The zero-order chi connectivity index (χ0) is 32.5. The van der Waals surface area contributed by atoms with Crippen LogP contribution in [0.4, 0.5) is 0 Å². The van der Waals surface area contributed by atoms with Gasteiger partial charge in [0, 0.05) is 67.8 Å². The zero-order valence-electron chi connectivity index (χ0n) is 28.5. The van der Waals surface area contributed by atoms with Gasteiger partial charge in [-0.3, -0.25) is 0 Å². The summed E-state index contributed by atoms with van der Waals surface area (Å²) in [7, 11) is 1.78. The molecule has 0 aliphatic heterocycles. The normalized spacial score (nSPS) is 12.4. The van der Waals surface area contributed by atoms with Crippen LogP contribution in [0.3, 0.4) is 0 Å². The van der Waals surface area contributed by atoms with E-state index in [4.69, 9.17) is 9.47 Å². The lowest BCUT2D eigenvalue weighted by Crippen LogP contribution is -2.12. The summed E-state index contributed by atoms with van der Waals surface area (Å²) in [6.07, 6.45) is 4.73. The Morgan fingerprint density at radius 2 is 1.09 bits per heavy atom. The summed E-state index contributed by atoms with van der Waals surface area (Å²) in [4.78, 5) is 0. The largest absolute Gasteiger partial charge is 0.496 e. The Labute approximate surface area is 278 Å². The van der Waals surface area contributed by atoms with Crippen molar-refractivity contribution in [3.63, 3.8) is 0 Å². The summed E-state index contributed by atoms with van der Waals surface area (Å²) >= 11 is 0. The molecule has 1 unspecified atom stereocenters. The van der Waals surface area contributed by atoms with Crippen molar-refractivity contribution >= 4 is 43.6 Å². The smallest absolute Gasteiger partial charge is 0.128 e. The van der Waals surface area contributed by atoms with Gasteiger partial charge in [-0.05, 0) is 85.8 Å². The van der Waals surface area contributed by atoms with Gasteiger partial charge in [0.2, 0.25) is 0 Å². The fraction of sp³-hybridized carbons (Fsp3) is 0.302. The summed E-state index contributed by atoms with van der Waals surface area (Å²) in [5.74, 6) is 2.28. The highest BCUT2D eigenvalue weighted by Gasteiger charge is 2.20. The fourth-order valence-electron chi connectivity index (χ4n) is 7.53. The Kier molecular flexibility index (Phi) is 8.68. The number of benzene rings is 5. The number of nitrogens with zero attached hydrogens (tertiary/aromatic N) is 2. The second-order valence-corrected chi connectivity index (χ2v) is 12.8. The van der Waals surface area contributed by atoms with Gasteiger partial charge >= 0.3 is 0 Å². The quantitative estimate of drug-likeness (QED) is 0.136. The molecule has 4 nitrogen and oxygen atoms in total. The van der Waals surface area contributed by atoms with E-state index >= 15 is 0 Å². The van der Waals surface area contributed by atoms with Crippen LogP contribution in [0.25, 0.3) is 65.9 Å². The maximum Gasteiger partial charge on any atom is 0.128 e. The van der Waals surface area contributed by atoms with E-state index in [9.17, 15) is 0 Å². The average molecular weight is 623 g/mol. The van der Waals surface area contributed by atoms with E-state index in [1.807, 2.05) is 0 Å². The predicted octanol–water partition coefficient (Wildman–Crippen LogP) is 11.9. The molecular formula is C43H46N2O2. The molecule has 2 heterocycles. The molecule has 0 fully saturated rings. The first-order valence-electron chi connectivity index (χ1n) is 17.5. The molecule has 0 bridgehead atoms. The van der Waals surface area contributed by atoms with Gasteiger partial charge in [0.15, 0.2) is 0 Å². The number of aryl methyl sites for hydroxylation is 2. The van der Waals surface area contributed by atoms with Crippen molar-refractivity contribution < 1.29 is 9.47 Å². The SMILES string of the molecule is CCCCC(CC)COc1cc(-c2ccc3c(c2)c2ccccc2n3CC)c(OC)cc1-c1ccc2c(c1)c1ccccc1n2CC. The number of para-hydroxylation sites is 2. The summed E-state index contributed by atoms with van der Waals surface area (Å²) in [6, 6.07) is 35.5. The number of hydrogen-bond donors (Lipinski definition) is 0. The maximum absolute atomic E-state index is 6.84. The molecule has 0 amide bonds. The monoisotopic (exact) mass is 622 g/mol. The molecular weight excluding hydrogens is 576 g/mol. The maximum atomic E-state index is 6.84. The van der Waals surface area contributed by atoms with Crippen molar-refractivity contribution in [2.24, 2.45) is 5.92 Å². The molecule has 0 N–H and O–H groups in total. The second-order valence-electron chi connectivity index (χ2n) is 12.8. The molecule has 47 heavy (non-hydrogen) atoms. The molecule has 0 saturated carbocycles. The highest BCUT2D eigenvalue weighted by molar-refractivity contribution is 6.10. The number of fused-ring (bicyclic) bond motifs is 6. The standard InChI is InChI=1S/C43H46N2O2/c1-6-10-15-29(7-2)28-47-43-27-34(30-20-22-40-36(24-30)32-16-11-13-18-38(32)44(40)8-3)42(46-5)26-35(43)31-21-23-41-37(25-31)33-17-12-14-19-39(33)45(41)9-4/h11-14,16-27,29H,6-10,15,28H2,1-5H3. The lowest BCUT2D eigenvalue weighted by Gasteiger charge is -2.20. The molecule has 7 rings (SSSR count). The lowest BCUT2D eigenvalue weighted by atomic mass is 9.95.